The molecule has 12 heteroatoms. The molecule has 0 fully saturated rings. The van der Waals surface area contributed by atoms with Gasteiger partial charge < -0.3 is 31.9 Å². The molecule has 0 aliphatic carbocycles. The third-order valence-corrected chi connectivity index (χ3v) is 4.68. The molecule has 0 saturated carbocycles. The molecule has 0 aromatic heterocycles. The fourth-order valence-corrected chi connectivity index (χ4v) is 2.61. The predicted octanol–water partition coefficient (Wildman–Crippen LogP) is -1.04. The molecule has 0 aromatic rings. The standard InChI is InChI=1S/C18H32N4O7S/c1-8(2)13(17(27)22-14(9(3)4)18(28)29)21-16(26)11(5-6-12(23)24)20-15(25)10(19)7-30/h8-11,13-14,30H,5-7,19H2,1-4H3,(H,20,25)(H,21,26)(H,22,27)(H,23,24)(H,28,29). The number of hydrogen-bond acceptors (Lipinski definition) is 7. The van der Waals surface area contributed by atoms with Crippen molar-refractivity contribution in [3.63, 3.8) is 0 Å². The van der Waals surface area contributed by atoms with Gasteiger partial charge in [-0.05, 0) is 18.3 Å². The topological polar surface area (TPSA) is 188 Å². The van der Waals surface area contributed by atoms with Gasteiger partial charge in [0.15, 0.2) is 0 Å². The molecule has 0 radical (unpaired) electrons. The Kier molecular flexibility index (Phi) is 12.0. The van der Waals surface area contributed by atoms with Crippen molar-refractivity contribution in [3.05, 3.63) is 0 Å². The molecule has 0 heterocycles. The van der Waals surface area contributed by atoms with E-state index in [1.165, 1.54) is 0 Å². The highest BCUT2D eigenvalue weighted by Crippen LogP contribution is 2.08. The number of nitrogens with two attached hydrogens (primary N) is 1. The van der Waals surface area contributed by atoms with E-state index in [2.05, 4.69) is 28.6 Å². The summed E-state index contributed by atoms with van der Waals surface area (Å²) in [4.78, 5) is 59.6. The lowest BCUT2D eigenvalue weighted by atomic mass is 9.99. The smallest absolute Gasteiger partial charge is 0.326 e. The van der Waals surface area contributed by atoms with Gasteiger partial charge in [0.2, 0.25) is 17.7 Å². The fourth-order valence-electron chi connectivity index (χ4n) is 2.44. The van der Waals surface area contributed by atoms with Crippen molar-refractivity contribution >= 4 is 42.3 Å². The van der Waals surface area contributed by atoms with Crippen LogP contribution in [0.5, 0.6) is 0 Å². The lowest BCUT2D eigenvalue weighted by molar-refractivity contribution is -0.143. The first-order chi connectivity index (χ1) is 13.8. The van der Waals surface area contributed by atoms with Crippen molar-refractivity contribution in [2.24, 2.45) is 17.6 Å². The molecule has 0 aliphatic heterocycles. The zero-order valence-electron chi connectivity index (χ0n) is 17.5. The maximum atomic E-state index is 12.7. The van der Waals surface area contributed by atoms with E-state index in [0.29, 0.717) is 0 Å². The number of carboxylic acids is 2. The molecule has 3 amide bonds. The summed E-state index contributed by atoms with van der Waals surface area (Å²) in [5, 5.41) is 25.4. The Morgan fingerprint density at radius 1 is 0.833 bits per heavy atom. The zero-order chi connectivity index (χ0) is 23.6. The Labute approximate surface area is 180 Å². The molecule has 0 saturated heterocycles. The lowest BCUT2D eigenvalue weighted by Crippen LogP contribution is -2.59. The van der Waals surface area contributed by atoms with E-state index in [1.807, 2.05) is 0 Å². The third-order valence-electron chi connectivity index (χ3n) is 4.29. The van der Waals surface area contributed by atoms with Gasteiger partial charge in [0.25, 0.3) is 0 Å². The summed E-state index contributed by atoms with van der Waals surface area (Å²) in [7, 11) is 0. The Morgan fingerprint density at radius 2 is 1.33 bits per heavy atom. The summed E-state index contributed by atoms with van der Waals surface area (Å²) in [6, 6.07) is -4.48. The largest absolute Gasteiger partial charge is 0.481 e. The minimum absolute atomic E-state index is 0.0158. The molecule has 4 atom stereocenters. The van der Waals surface area contributed by atoms with Gasteiger partial charge >= 0.3 is 11.9 Å². The van der Waals surface area contributed by atoms with Gasteiger partial charge in [-0.15, -0.1) is 0 Å². The molecule has 0 aromatic carbocycles. The highest BCUT2D eigenvalue weighted by atomic mass is 32.1. The van der Waals surface area contributed by atoms with Gasteiger partial charge in [0, 0.05) is 12.2 Å². The Hall–Kier alpha value is -2.34. The van der Waals surface area contributed by atoms with Crippen LogP contribution in [0.15, 0.2) is 0 Å². The van der Waals surface area contributed by atoms with Crippen molar-refractivity contribution in [3.8, 4) is 0 Å². The molecule has 0 bridgehead atoms. The van der Waals surface area contributed by atoms with Crippen LogP contribution in [-0.2, 0) is 24.0 Å². The first-order valence-electron chi connectivity index (χ1n) is 9.53. The van der Waals surface area contributed by atoms with Crippen molar-refractivity contribution in [2.45, 2.75) is 64.7 Å². The van der Waals surface area contributed by atoms with E-state index in [-0.39, 0.29) is 18.1 Å². The molecule has 172 valence electrons. The van der Waals surface area contributed by atoms with Crippen LogP contribution >= 0.6 is 12.6 Å². The summed E-state index contributed by atoms with van der Waals surface area (Å²) < 4.78 is 0. The minimum atomic E-state index is -1.24. The summed E-state index contributed by atoms with van der Waals surface area (Å²) in [5.41, 5.74) is 5.57. The SMILES string of the molecule is CC(C)C(NC(=O)C(NC(=O)C(CCC(=O)O)NC(=O)C(N)CS)C(C)C)C(=O)O. The average molecular weight is 449 g/mol. The van der Waals surface area contributed by atoms with Gasteiger partial charge in [0.1, 0.15) is 18.1 Å². The number of rotatable bonds is 13. The Bertz CT molecular complexity index is 642. The van der Waals surface area contributed by atoms with Gasteiger partial charge in [-0.25, -0.2) is 4.79 Å². The molecular weight excluding hydrogens is 416 g/mol. The first-order valence-corrected chi connectivity index (χ1v) is 10.2. The first kappa shape index (κ1) is 27.7. The number of carboxylic acid groups (broad SMARTS) is 2. The van der Waals surface area contributed by atoms with Crippen molar-refractivity contribution in [1.82, 2.24) is 16.0 Å². The van der Waals surface area contributed by atoms with Crippen LogP contribution in [0.25, 0.3) is 0 Å². The number of amides is 3. The second-order valence-electron chi connectivity index (χ2n) is 7.58. The van der Waals surface area contributed by atoms with Crippen LogP contribution in [0, 0.1) is 11.8 Å². The van der Waals surface area contributed by atoms with Crippen molar-refractivity contribution < 1.29 is 34.2 Å². The van der Waals surface area contributed by atoms with E-state index in [4.69, 9.17) is 10.8 Å². The Balaban J connectivity index is 5.43. The van der Waals surface area contributed by atoms with Crippen molar-refractivity contribution in [1.29, 1.82) is 0 Å². The second-order valence-corrected chi connectivity index (χ2v) is 7.95. The summed E-state index contributed by atoms with van der Waals surface area (Å²) in [6.45, 7) is 6.56. The highest BCUT2D eigenvalue weighted by molar-refractivity contribution is 7.80. The summed E-state index contributed by atoms with van der Waals surface area (Å²) in [5.74, 6) is -5.32. The number of hydrogen-bond donors (Lipinski definition) is 7. The zero-order valence-corrected chi connectivity index (χ0v) is 18.4. The fraction of sp³-hybridized carbons (Fsp3) is 0.722. The molecule has 0 spiro atoms. The third kappa shape index (κ3) is 9.44. The summed E-state index contributed by atoms with van der Waals surface area (Å²) >= 11 is 3.91. The van der Waals surface area contributed by atoms with Crippen LogP contribution in [-0.4, -0.2) is 69.8 Å². The van der Waals surface area contributed by atoms with E-state index in [0.717, 1.165) is 0 Å². The summed E-state index contributed by atoms with van der Waals surface area (Å²) in [6.07, 6.45) is -0.621. The number of nitrogens with one attached hydrogen (secondary N) is 3. The normalized spacial score (nSPS) is 15.1. The van der Waals surface area contributed by atoms with Crippen LogP contribution in [0.3, 0.4) is 0 Å². The molecule has 30 heavy (non-hydrogen) atoms. The van der Waals surface area contributed by atoms with Gasteiger partial charge in [-0.1, -0.05) is 27.7 Å². The molecule has 11 nitrogen and oxygen atoms in total. The Morgan fingerprint density at radius 3 is 1.73 bits per heavy atom. The predicted molar refractivity (Wildman–Crippen MR) is 112 cm³/mol. The maximum absolute atomic E-state index is 12.7. The van der Waals surface area contributed by atoms with E-state index < -0.39 is 66.2 Å². The molecule has 0 rings (SSSR count). The van der Waals surface area contributed by atoms with Gasteiger partial charge in [0.05, 0.1) is 6.04 Å². The van der Waals surface area contributed by atoms with E-state index in [1.54, 1.807) is 27.7 Å². The molecule has 0 aliphatic rings. The van der Waals surface area contributed by atoms with Crippen LogP contribution in [0.4, 0.5) is 0 Å². The van der Waals surface area contributed by atoms with Crippen LogP contribution in [0.1, 0.15) is 40.5 Å². The number of carbonyl (C=O) groups is 5. The highest BCUT2D eigenvalue weighted by Gasteiger charge is 2.32. The number of thiol groups is 1. The number of carbonyl (C=O) groups excluding carboxylic acids is 3. The van der Waals surface area contributed by atoms with Gasteiger partial charge in [-0.2, -0.15) is 12.6 Å². The average Bonchev–Trinajstić information content (AvgIpc) is 2.64. The monoisotopic (exact) mass is 448 g/mol. The minimum Gasteiger partial charge on any atom is -0.481 e. The second kappa shape index (κ2) is 13.1. The van der Waals surface area contributed by atoms with Crippen LogP contribution in [0.2, 0.25) is 0 Å². The quantitative estimate of drug-likeness (QED) is 0.174. The molecule has 7 N–H and O–H groups in total. The van der Waals surface area contributed by atoms with Crippen LogP contribution < -0.4 is 21.7 Å². The molecule has 4 unspecified atom stereocenters. The van der Waals surface area contributed by atoms with Gasteiger partial charge in [-0.3, -0.25) is 19.2 Å². The number of aliphatic carboxylic acids is 2. The van der Waals surface area contributed by atoms with E-state index in [9.17, 15) is 29.1 Å². The lowest BCUT2D eigenvalue weighted by Gasteiger charge is -2.27. The molecular formula is C18H32N4O7S. The van der Waals surface area contributed by atoms with Crippen molar-refractivity contribution in [2.75, 3.05) is 5.75 Å². The maximum Gasteiger partial charge on any atom is 0.326 e. The van der Waals surface area contributed by atoms with E-state index >= 15 is 0 Å².